The van der Waals surface area contributed by atoms with Gasteiger partial charge in [-0.25, -0.2) is 0 Å². The number of carbonyl (C=O) groups is 1. The third-order valence-corrected chi connectivity index (χ3v) is 4.76. The summed E-state index contributed by atoms with van der Waals surface area (Å²) in [6.45, 7) is 5.39. The molecular weight excluding hydrogens is 452 g/mol. The Labute approximate surface area is 186 Å². The van der Waals surface area contributed by atoms with Gasteiger partial charge in [0, 0.05) is 4.47 Å². The minimum absolute atomic E-state index is 0.195. The fourth-order valence-electron chi connectivity index (χ4n) is 2.48. The first-order valence-corrected chi connectivity index (χ1v) is 11.0. The fraction of sp³-hybridized carbons (Fsp3) is 0.364. The standard InChI is InChI=1S/C22H27BrN2O3S/c1-3-5-13-27-19-12-11-16(23)15-17(19)21(26)25-22(29)24-18-9-7-8-10-20(18)28-14-6-4-2/h7-12,15H,3-6,13-14H2,1-2H3,(H2,24,25,26,29). The number of benzene rings is 2. The Bertz CT molecular complexity index is 829. The van der Waals surface area contributed by atoms with Crippen molar-refractivity contribution >= 4 is 44.9 Å². The molecule has 0 radical (unpaired) electrons. The number of carbonyl (C=O) groups excluding carboxylic acids is 1. The molecule has 2 N–H and O–H groups in total. The maximum atomic E-state index is 12.8. The van der Waals surface area contributed by atoms with Gasteiger partial charge in [-0.15, -0.1) is 0 Å². The molecule has 2 aromatic carbocycles. The highest BCUT2D eigenvalue weighted by Gasteiger charge is 2.15. The van der Waals surface area contributed by atoms with Gasteiger partial charge in [0.05, 0.1) is 24.5 Å². The number of hydrogen-bond acceptors (Lipinski definition) is 4. The highest BCUT2D eigenvalue weighted by Crippen LogP contribution is 2.25. The van der Waals surface area contributed by atoms with E-state index in [0.29, 0.717) is 36.0 Å². The van der Waals surface area contributed by atoms with Crippen molar-refractivity contribution in [1.29, 1.82) is 0 Å². The molecule has 0 aliphatic rings. The van der Waals surface area contributed by atoms with Gasteiger partial charge < -0.3 is 14.8 Å². The number of hydrogen-bond donors (Lipinski definition) is 2. The second-order valence-corrected chi connectivity index (χ2v) is 7.77. The van der Waals surface area contributed by atoms with E-state index in [-0.39, 0.29) is 11.0 Å². The van der Waals surface area contributed by atoms with Gasteiger partial charge in [-0.05, 0) is 55.4 Å². The van der Waals surface area contributed by atoms with Crippen LogP contribution in [0.1, 0.15) is 49.9 Å². The van der Waals surface area contributed by atoms with Gasteiger partial charge in [0.1, 0.15) is 11.5 Å². The van der Waals surface area contributed by atoms with Crippen molar-refractivity contribution in [3.05, 3.63) is 52.5 Å². The predicted molar refractivity (Wildman–Crippen MR) is 125 cm³/mol. The lowest BCUT2D eigenvalue weighted by Gasteiger charge is -2.15. The molecule has 0 atom stereocenters. The molecule has 0 spiro atoms. The van der Waals surface area contributed by atoms with Gasteiger partial charge in [0.15, 0.2) is 5.11 Å². The van der Waals surface area contributed by atoms with Gasteiger partial charge in [-0.1, -0.05) is 54.8 Å². The van der Waals surface area contributed by atoms with Crippen LogP contribution in [0.4, 0.5) is 5.69 Å². The van der Waals surface area contributed by atoms with E-state index in [4.69, 9.17) is 21.7 Å². The zero-order chi connectivity index (χ0) is 21.1. The van der Waals surface area contributed by atoms with Crippen LogP contribution in [0.15, 0.2) is 46.9 Å². The van der Waals surface area contributed by atoms with E-state index in [2.05, 4.69) is 40.4 Å². The van der Waals surface area contributed by atoms with Crippen LogP contribution in [-0.4, -0.2) is 24.2 Å². The summed E-state index contributed by atoms with van der Waals surface area (Å²) in [5.74, 6) is 0.897. The number of thiocarbonyl (C=S) groups is 1. The van der Waals surface area contributed by atoms with Crippen LogP contribution in [0, 0.1) is 0 Å². The molecule has 0 fully saturated rings. The van der Waals surface area contributed by atoms with Crippen LogP contribution in [-0.2, 0) is 0 Å². The monoisotopic (exact) mass is 478 g/mol. The molecule has 0 aliphatic carbocycles. The van der Waals surface area contributed by atoms with Crippen LogP contribution in [0.5, 0.6) is 11.5 Å². The summed E-state index contributed by atoms with van der Waals surface area (Å²) in [6.07, 6.45) is 3.97. The normalized spacial score (nSPS) is 10.3. The number of anilines is 1. The summed E-state index contributed by atoms with van der Waals surface area (Å²) >= 11 is 8.74. The van der Waals surface area contributed by atoms with E-state index in [0.717, 1.165) is 30.2 Å². The Hall–Kier alpha value is -2.12. The average molecular weight is 479 g/mol. The highest BCUT2D eigenvalue weighted by atomic mass is 79.9. The van der Waals surface area contributed by atoms with Crippen molar-refractivity contribution in [3.8, 4) is 11.5 Å². The number of ether oxygens (including phenoxy) is 2. The Balaban J connectivity index is 2.04. The van der Waals surface area contributed by atoms with E-state index in [1.54, 1.807) is 12.1 Å². The second kappa shape index (κ2) is 12.4. The summed E-state index contributed by atoms with van der Waals surface area (Å²) in [5, 5.41) is 5.96. The average Bonchev–Trinajstić information content (AvgIpc) is 2.70. The minimum Gasteiger partial charge on any atom is -0.493 e. The van der Waals surface area contributed by atoms with E-state index >= 15 is 0 Å². The smallest absolute Gasteiger partial charge is 0.261 e. The molecule has 5 nitrogen and oxygen atoms in total. The Kier molecular flexibility index (Phi) is 9.94. The van der Waals surface area contributed by atoms with Gasteiger partial charge in [-0.3, -0.25) is 10.1 Å². The molecule has 2 aromatic rings. The van der Waals surface area contributed by atoms with E-state index in [1.807, 2.05) is 30.3 Å². The topological polar surface area (TPSA) is 59.6 Å². The molecular formula is C22H27BrN2O3S. The predicted octanol–water partition coefficient (Wildman–Crippen LogP) is 5.93. The number of halogens is 1. The first-order valence-electron chi connectivity index (χ1n) is 9.81. The van der Waals surface area contributed by atoms with Crippen molar-refractivity contribution in [1.82, 2.24) is 5.32 Å². The Morgan fingerprint density at radius 2 is 1.66 bits per heavy atom. The first-order chi connectivity index (χ1) is 14.0. The number of nitrogens with one attached hydrogen (secondary N) is 2. The highest BCUT2D eigenvalue weighted by molar-refractivity contribution is 9.10. The third kappa shape index (κ3) is 7.66. The lowest BCUT2D eigenvalue weighted by atomic mass is 10.2. The second-order valence-electron chi connectivity index (χ2n) is 6.45. The SMILES string of the molecule is CCCCOc1ccccc1NC(=S)NC(=O)c1cc(Br)ccc1OCCCC. The lowest BCUT2D eigenvalue weighted by molar-refractivity contribution is 0.0973. The molecule has 29 heavy (non-hydrogen) atoms. The molecule has 2 rings (SSSR count). The van der Waals surface area contributed by atoms with Gasteiger partial charge in [-0.2, -0.15) is 0 Å². The van der Waals surface area contributed by atoms with E-state index in [9.17, 15) is 4.79 Å². The quantitative estimate of drug-likeness (QED) is 0.327. The Morgan fingerprint density at radius 1 is 1.00 bits per heavy atom. The Morgan fingerprint density at radius 3 is 2.34 bits per heavy atom. The molecule has 7 heteroatoms. The van der Waals surface area contributed by atoms with Crippen LogP contribution in [0.3, 0.4) is 0 Å². The zero-order valence-corrected chi connectivity index (χ0v) is 19.2. The maximum absolute atomic E-state index is 12.8. The molecule has 0 saturated heterocycles. The summed E-state index contributed by atoms with van der Waals surface area (Å²) in [4.78, 5) is 12.8. The summed E-state index contributed by atoms with van der Waals surface area (Å²) in [7, 11) is 0. The van der Waals surface area contributed by atoms with Crippen LogP contribution >= 0.6 is 28.1 Å². The molecule has 1 amide bonds. The van der Waals surface area contributed by atoms with E-state index in [1.165, 1.54) is 0 Å². The number of amides is 1. The molecule has 0 heterocycles. The van der Waals surface area contributed by atoms with Crippen molar-refractivity contribution in [2.75, 3.05) is 18.5 Å². The van der Waals surface area contributed by atoms with Gasteiger partial charge in [0.2, 0.25) is 0 Å². The fourth-order valence-corrected chi connectivity index (χ4v) is 3.04. The van der Waals surface area contributed by atoms with Gasteiger partial charge in [0.25, 0.3) is 5.91 Å². The lowest BCUT2D eigenvalue weighted by Crippen LogP contribution is -2.34. The number of rotatable bonds is 10. The van der Waals surface area contributed by atoms with Crippen LogP contribution in [0.25, 0.3) is 0 Å². The van der Waals surface area contributed by atoms with Crippen LogP contribution in [0.2, 0.25) is 0 Å². The van der Waals surface area contributed by atoms with E-state index < -0.39 is 0 Å². The minimum atomic E-state index is -0.334. The van der Waals surface area contributed by atoms with Crippen LogP contribution < -0.4 is 20.1 Å². The van der Waals surface area contributed by atoms with Crippen molar-refractivity contribution < 1.29 is 14.3 Å². The first kappa shape index (κ1) is 23.2. The molecule has 0 saturated carbocycles. The zero-order valence-electron chi connectivity index (χ0n) is 16.8. The molecule has 0 unspecified atom stereocenters. The summed E-state index contributed by atoms with van der Waals surface area (Å²) < 4.78 is 12.3. The largest absolute Gasteiger partial charge is 0.493 e. The molecule has 0 aromatic heterocycles. The number of para-hydroxylation sites is 2. The van der Waals surface area contributed by atoms with Crippen molar-refractivity contribution in [2.45, 2.75) is 39.5 Å². The van der Waals surface area contributed by atoms with Crippen molar-refractivity contribution in [2.24, 2.45) is 0 Å². The molecule has 156 valence electrons. The molecule has 0 bridgehead atoms. The third-order valence-electron chi connectivity index (χ3n) is 4.06. The van der Waals surface area contributed by atoms with Crippen molar-refractivity contribution in [3.63, 3.8) is 0 Å². The van der Waals surface area contributed by atoms with Gasteiger partial charge >= 0.3 is 0 Å². The summed E-state index contributed by atoms with van der Waals surface area (Å²) in [6, 6.07) is 12.9. The maximum Gasteiger partial charge on any atom is 0.261 e. The summed E-state index contributed by atoms with van der Waals surface area (Å²) in [5.41, 5.74) is 1.13. The number of unbranched alkanes of at least 4 members (excludes halogenated alkanes) is 2. The molecule has 0 aliphatic heterocycles.